The third-order valence-corrected chi connectivity index (χ3v) is 3.26. The number of carbonyl (C=O) groups is 1. The van der Waals surface area contributed by atoms with Crippen LogP contribution in [0.15, 0.2) is 48.8 Å². The van der Waals surface area contributed by atoms with Crippen LogP contribution in [0, 0.1) is 0 Å². The number of benzene rings is 1. The maximum atomic E-state index is 11.5. The van der Waals surface area contributed by atoms with Crippen LogP contribution in [0.1, 0.15) is 10.5 Å². The molecule has 0 unspecified atom stereocenters. The van der Waals surface area contributed by atoms with Gasteiger partial charge in [0.25, 0.3) is 0 Å². The Kier molecular flexibility index (Phi) is 2.87. The van der Waals surface area contributed by atoms with Crippen molar-refractivity contribution in [3.05, 3.63) is 54.5 Å². The highest BCUT2D eigenvalue weighted by atomic mass is 16.4. The number of hydrogen-bond donors (Lipinski definition) is 2. The van der Waals surface area contributed by atoms with Crippen molar-refractivity contribution in [3.63, 3.8) is 0 Å². The summed E-state index contributed by atoms with van der Waals surface area (Å²) >= 11 is 0. The van der Waals surface area contributed by atoms with E-state index >= 15 is 0 Å². The van der Waals surface area contributed by atoms with Crippen LogP contribution in [-0.2, 0) is 7.05 Å². The van der Waals surface area contributed by atoms with Gasteiger partial charge in [-0.3, -0.25) is 4.98 Å². The number of hydrogen-bond acceptors (Lipinski definition) is 3. The van der Waals surface area contributed by atoms with E-state index in [-0.39, 0.29) is 5.69 Å². The van der Waals surface area contributed by atoms with Gasteiger partial charge in [-0.1, -0.05) is 18.2 Å². The van der Waals surface area contributed by atoms with Crippen LogP contribution in [0.2, 0.25) is 0 Å². The summed E-state index contributed by atoms with van der Waals surface area (Å²) in [5.41, 5.74) is 2.52. The van der Waals surface area contributed by atoms with Gasteiger partial charge in [0.1, 0.15) is 0 Å². The first-order chi connectivity index (χ1) is 9.68. The molecule has 0 radical (unpaired) electrons. The second-order valence-electron chi connectivity index (χ2n) is 4.47. The molecule has 0 aliphatic carbocycles. The van der Waals surface area contributed by atoms with E-state index < -0.39 is 5.97 Å². The van der Waals surface area contributed by atoms with Gasteiger partial charge in [0.05, 0.1) is 11.2 Å². The molecule has 0 aliphatic rings. The van der Waals surface area contributed by atoms with Crippen LogP contribution in [-0.4, -0.2) is 20.6 Å². The van der Waals surface area contributed by atoms with Crippen LogP contribution in [0.25, 0.3) is 10.9 Å². The smallest absolute Gasteiger partial charge is 0.354 e. The van der Waals surface area contributed by atoms with Crippen molar-refractivity contribution in [2.75, 3.05) is 5.32 Å². The minimum atomic E-state index is -0.958. The van der Waals surface area contributed by atoms with Crippen LogP contribution >= 0.6 is 0 Å². The molecule has 2 aromatic heterocycles. The number of nitrogens with zero attached hydrogens (tertiary/aromatic N) is 2. The Balaban J connectivity index is 2.22. The first-order valence-electron chi connectivity index (χ1n) is 6.16. The number of pyridine rings is 1. The zero-order valence-corrected chi connectivity index (χ0v) is 10.9. The molecule has 0 spiro atoms. The summed E-state index contributed by atoms with van der Waals surface area (Å²) in [5, 5.41) is 13.5. The summed E-state index contributed by atoms with van der Waals surface area (Å²) in [7, 11) is 1.75. The number of anilines is 2. The summed E-state index contributed by atoms with van der Waals surface area (Å²) in [6, 6.07) is 11.2. The van der Waals surface area contributed by atoms with Crippen molar-refractivity contribution in [1.29, 1.82) is 0 Å². The molecule has 1 aromatic carbocycles. The summed E-state index contributed by atoms with van der Waals surface area (Å²) in [6.45, 7) is 0. The van der Waals surface area contributed by atoms with Gasteiger partial charge in [-0.25, -0.2) is 4.79 Å². The Bertz CT molecular complexity index is 778. The molecule has 2 heterocycles. The summed E-state index contributed by atoms with van der Waals surface area (Å²) in [5.74, 6) is -0.958. The molecular formula is C15H13N3O2. The molecule has 0 bridgehead atoms. The van der Waals surface area contributed by atoms with Gasteiger partial charge in [0, 0.05) is 30.5 Å². The number of nitrogens with one attached hydrogen (secondary N) is 1. The van der Waals surface area contributed by atoms with Gasteiger partial charge >= 0.3 is 5.97 Å². The zero-order valence-electron chi connectivity index (χ0n) is 10.9. The lowest BCUT2D eigenvalue weighted by Crippen LogP contribution is -2.07. The zero-order chi connectivity index (χ0) is 14.1. The molecule has 0 atom stereocenters. The van der Waals surface area contributed by atoms with Crippen molar-refractivity contribution >= 4 is 28.2 Å². The Hall–Kier alpha value is -2.82. The van der Waals surface area contributed by atoms with Crippen molar-refractivity contribution in [2.24, 2.45) is 7.05 Å². The van der Waals surface area contributed by atoms with Gasteiger partial charge in [-0.15, -0.1) is 0 Å². The van der Waals surface area contributed by atoms with Gasteiger partial charge in [-0.2, -0.15) is 0 Å². The molecule has 0 fully saturated rings. The van der Waals surface area contributed by atoms with E-state index in [0.717, 1.165) is 16.6 Å². The van der Waals surface area contributed by atoms with Gasteiger partial charge in [0.2, 0.25) is 0 Å². The maximum Gasteiger partial charge on any atom is 0.354 e. The third kappa shape index (κ3) is 1.89. The first kappa shape index (κ1) is 12.2. The standard InChI is InChI=1S/C15H13N3O2/c1-18-12-5-3-2-4-11(12)13(14(18)15(19)20)17-10-6-8-16-9-7-10/h2-9H,1H3,(H,16,17)(H,19,20). The minimum Gasteiger partial charge on any atom is -0.477 e. The molecule has 5 nitrogen and oxygen atoms in total. The molecule has 20 heavy (non-hydrogen) atoms. The molecule has 5 heteroatoms. The largest absolute Gasteiger partial charge is 0.477 e. The number of carboxylic acid groups (broad SMARTS) is 1. The highest BCUT2D eigenvalue weighted by Gasteiger charge is 2.20. The Morgan fingerprint density at radius 3 is 2.60 bits per heavy atom. The van der Waals surface area contributed by atoms with Crippen molar-refractivity contribution in [1.82, 2.24) is 9.55 Å². The fourth-order valence-corrected chi connectivity index (χ4v) is 2.35. The van der Waals surface area contributed by atoms with E-state index in [4.69, 9.17) is 0 Å². The van der Waals surface area contributed by atoms with Gasteiger partial charge in [0.15, 0.2) is 5.69 Å². The normalized spacial score (nSPS) is 10.7. The predicted molar refractivity (Wildman–Crippen MR) is 77.4 cm³/mol. The van der Waals surface area contributed by atoms with Crippen LogP contribution in [0.3, 0.4) is 0 Å². The SMILES string of the molecule is Cn1c(C(=O)O)c(Nc2ccncc2)c2ccccc21. The average Bonchev–Trinajstić information content (AvgIpc) is 2.74. The second-order valence-corrected chi connectivity index (χ2v) is 4.47. The first-order valence-corrected chi connectivity index (χ1v) is 6.16. The molecular weight excluding hydrogens is 254 g/mol. The van der Waals surface area contributed by atoms with E-state index in [1.807, 2.05) is 24.3 Å². The predicted octanol–water partition coefficient (Wildman–Crippen LogP) is 3.02. The fourth-order valence-electron chi connectivity index (χ4n) is 2.35. The molecule has 2 N–H and O–H groups in total. The summed E-state index contributed by atoms with van der Waals surface area (Å²) in [4.78, 5) is 15.5. The number of carboxylic acids is 1. The molecule has 0 amide bonds. The number of aromatic nitrogens is 2. The van der Waals surface area contributed by atoms with Crippen molar-refractivity contribution in [2.45, 2.75) is 0 Å². The molecule has 0 aliphatic heterocycles. The van der Waals surface area contributed by atoms with Gasteiger partial charge < -0.3 is 15.0 Å². The molecule has 0 saturated heterocycles. The Morgan fingerprint density at radius 2 is 1.90 bits per heavy atom. The topological polar surface area (TPSA) is 67.2 Å². The van der Waals surface area contributed by atoms with E-state index in [9.17, 15) is 9.90 Å². The van der Waals surface area contributed by atoms with Crippen molar-refractivity contribution < 1.29 is 9.90 Å². The molecule has 100 valence electrons. The number of aromatic carboxylic acids is 1. The van der Waals surface area contributed by atoms with E-state index in [1.54, 1.807) is 36.1 Å². The van der Waals surface area contributed by atoms with E-state index in [1.165, 1.54) is 0 Å². The number of rotatable bonds is 3. The Morgan fingerprint density at radius 1 is 1.20 bits per heavy atom. The lowest BCUT2D eigenvalue weighted by atomic mass is 10.2. The number of aryl methyl sites for hydroxylation is 1. The third-order valence-electron chi connectivity index (χ3n) is 3.26. The Labute approximate surface area is 115 Å². The minimum absolute atomic E-state index is 0.239. The second kappa shape index (κ2) is 4.70. The van der Waals surface area contributed by atoms with E-state index in [0.29, 0.717) is 5.69 Å². The lowest BCUT2D eigenvalue weighted by molar-refractivity contribution is 0.0688. The van der Waals surface area contributed by atoms with E-state index in [2.05, 4.69) is 10.3 Å². The summed E-state index contributed by atoms with van der Waals surface area (Å²) in [6.07, 6.45) is 3.32. The highest BCUT2D eigenvalue weighted by molar-refractivity contribution is 6.07. The maximum absolute atomic E-state index is 11.5. The van der Waals surface area contributed by atoms with Crippen LogP contribution in [0.5, 0.6) is 0 Å². The van der Waals surface area contributed by atoms with Crippen LogP contribution < -0.4 is 5.32 Å². The summed E-state index contributed by atoms with van der Waals surface area (Å²) < 4.78 is 1.68. The van der Waals surface area contributed by atoms with Crippen LogP contribution in [0.4, 0.5) is 11.4 Å². The molecule has 3 aromatic rings. The average molecular weight is 267 g/mol. The number of fused-ring (bicyclic) bond motifs is 1. The highest BCUT2D eigenvalue weighted by Crippen LogP contribution is 2.32. The monoisotopic (exact) mass is 267 g/mol. The number of para-hydroxylation sites is 1. The quantitative estimate of drug-likeness (QED) is 0.765. The van der Waals surface area contributed by atoms with Gasteiger partial charge in [-0.05, 0) is 18.2 Å². The molecule has 0 saturated carbocycles. The molecule has 3 rings (SSSR count). The lowest BCUT2D eigenvalue weighted by Gasteiger charge is -2.06. The van der Waals surface area contributed by atoms with Crippen molar-refractivity contribution in [3.8, 4) is 0 Å². The fraction of sp³-hybridized carbons (Fsp3) is 0.0667.